The van der Waals surface area contributed by atoms with Gasteiger partial charge in [0.25, 0.3) is 0 Å². The molecular formula is C43H28NO2P. The van der Waals surface area contributed by atoms with Gasteiger partial charge in [0.05, 0.1) is 11.4 Å². The Balaban J connectivity index is 1.21. The highest BCUT2D eigenvalue weighted by molar-refractivity contribution is 7.85. The molecule has 2 aromatic heterocycles. The fourth-order valence-electron chi connectivity index (χ4n) is 6.87. The molecule has 0 fully saturated rings. The number of nitrogens with zero attached hydrogens (tertiary/aromatic N) is 1. The number of benzene rings is 7. The van der Waals surface area contributed by atoms with Gasteiger partial charge in [0.15, 0.2) is 7.14 Å². The first-order valence-corrected chi connectivity index (χ1v) is 17.4. The van der Waals surface area contributed by atoms with Crippen molar-refractivity contribution in [1.82, 2.24) is 4.98 Å². The Kier molecular flexibility index (Phi) is 6.41. The number of hydrogen-bond acceptors (Lipinski definition) is 3. The van der Waals surface area contributed by atoms with E-state index in [1.165, 1.54) is 21.5 Å². The molecule has 47 heavy (non-hydrogen) atoms. The molecule has 0 radical (unpaired) electrons. The van der Waals surface area contributed by atoms with Crippen LogP contribution in [0.2, 0.25) is 0 Å². The van der Waals surface area contributed by atoms with E-state index in [1.54, 1.807) is 0 Å². The molecule has 2 heterocycles. The monoisotopic (exact) mass is 621 g/mol. The molecule has 0 amide bonds. The molecule has 0 N–H and O–H groups in total. The summed E-state index contributed by atoms with van der Waals surface area (Å²) in [6.45, 7) is 0. The van der Waals surface area contributed by atoms with Crippen molar-refractivity contribution in [3.05, 3.63) is 170 Å². The maximum atomic E-state index is 15.1. The summed E-state index contributed by atoms with van der Waals surface area (Å²) >= 11 is 0. The van der Waals surface area contributed by atoms with Gasteiger partial charge < -0.3 is 8.98 Å². The summed E-state index contributed by atoms with van der Waals surface area (Å²) in [5, 5.41) is 9.04. The Bertz CT molecular complexity index is 2560. The minimum Gasteiger partial charge on any atom is -0.456 e. The molecule has 0 spiro atoms. The first-order chi connectivity index (χ1) is 23.2. The van der Waals surface area contributed by atoms with Crippen LogP contribution in [0.15, 0.2) is 174 Å². The largest absolute Gasteiger partial charge is 0.456 e. The lowest BCUT2D eigenvalue weighted by Crippen LogP contribution is -2.24. The summed E-state index contributed by atoms with van der Waals surface area (Å²) in [4.78, 5) is 5.25. The fraction of sp³-hybridized carbons (Fsp3) is 0. The van der Waals surface area contributed by atoms with E-state index in [0.29, 0.717) is 0 Å². The minimum atomic E-state index is -3.14. The smallest absolute Gasteiger partial charge is 0.171 e. The predicted octanol–water partition coefficient (Wildman–Crippen LogP) is 10.3. The molecule has 222 valence electrons. The molecule has 0 bridgehead atoms. The van der Waals surface area contributed by atoms with Gasteiger partial charge in [-0.2, -0.15) is 0 Å². The number of hydrogen-bond donors (Lipinski definition) is 0. The van der Waals surface area contributed by atoms with Crippen LogP contribution in [0.5, 0.6) is 0 Å². The Morgan fingerprint density at radius 1 is 0.426 bits per heavy atom. The fourth-order valence-corrected chi connectivity index (χ4v) is 9.54. The highest BCUT2D eigenvalue weighted by atomic mass is 31.2. The van der Waals surface area contributed by atoms with Crippen LogP contribution in [0, 0.1) is 0 Å². The average Bonchev–Trinajstić information content (AvgIpc) is 3.51. The highest BCUT2D eigenvalue weighted by Crippen LogP contribution is 2.44. The number of fused-ring (bicyclic) bond motifs is 5. The van der Waals surface area contributed by atoms with Crippen molar-refractivity contribution < 1.29 is 8.98 Å². The average molecular weight is 622 g/mol. The topological polar surface area (TPSA) is 43.1 Å². The van der Waals surface area contributed by atoms with Crippen LogP contribution in [-0.2, 0) is 4.57 Å². The lowest BCUT2D eigenvalue weighted by Gasteiger charge is -2.20. The third-order valence-electron chi connectivity index (χ3n) is 9.13. The Hall–Kier alpha value is -5.76. The van der Waals surface area contributed by atoms with E-state index in [0.717, 1.165) is 60.4 Å². The van der Waals surface area contributed by atoms with Gasteiger partial charge in [0, 0.05) is 37.8 Å². The lowest BCUT2D eigenvalue weighted by atomic mass is 9.94. The molecule has 7 aromatic carbocycles. The highest BCUT2D eigenvalue weighted by Gasteiger charge is 2.30. The van der Waals surface area contributed by atoms with Gasteiger partial charge in [0.2, 0.25) is 0 Å². The number of aromatic nitrogens is 1. The Morgan fingerprint density at radius 2 is 0.979 bits per heavy atom. The standard InChI is InChI=1S/C43H28NO2P/c45-47(32-14-3-1-4-15-32,33-16-5-2-6-17-33)34-23-25-42-38(28-34)37-27-31(22-24-41(37)46-42)39-20-11-21-40(44-39)43-35-18-9-7-12-29(35)26-30-13-8-10-19-36(30)43/h1-28H. The molecule has 0 saturated heterocycles. The minimum absolute atomic E-state index is 0.762. The molecule has 0 atom stereocenters. The predicted molar refractivity (Wildman–Crippen MR) is 197 cm³/mol. The van der Waals surface area contributed by atoms with E-state index in [9.17, 15) is 0 Å². The molecule has 9 rings (SSSR count). The van der Waals surface area contributed by atoms with Gasteiger partial charge in [0.1, 0.15) is 11.2 Å². The van der Waals surface area contributed by atoms with Crippen molar-refractivity contribution in [1.29, 1.82) is 0 Å². The SMILES string of the molecule is O=P(c1ccccc1)(c1ccccc1)c1ccc2oc3ccc(-c4cccc(-c5c6ccccc6cc6ccccc56)n4)cc3c2c1. The van der Waals surface area contributed by atoms with Gasteiger partial charge in [-0.1, -0.05) is 115 Å². The molecule has 9 aromatic rings. The van der Waals surface area contributed by atoms with E-state index in [-0.39, 0.29) is 0 Å². The summed E-state index contributed by atoms with van der Waals surface area (Å²) in [6, 6.07) is 57.2. The zero-order valence-corrected chi connectivity index (χ0v) is 26.3. The Morgan fingerprint density at radius 3 is 1.64 bits per heavy atom. The molecule has 0 aliphatic heterocycles. The van der Waals surface area contributed by atoms with Crippen molar-refractivity contribution in [2.45, 2.75) is 0 Å². The van der Waals surface area contributed by atoms with Crippen LogP contribution in [-0.4, -0.2) is 4.98 Å². The zero-order valence-electron chi connectivity index (χ0n) is 25.4. The summed E-state index contributed by atoms with van der Waals surface area (Å²) in [6.07, 6.45) is 0. The van der Waals surface area contributed by atoms with E-state index in [2.05, 4.69) is 91.0 Å². The van der Waals surface area contributed by atoms with Crippen molar-refractivity contribution in [3.63, 3.8) is 0 Å². The molecule has 0 aliphatic carbocycles. The van der Waals surface area contributed by atoms with Crippen molar-refractivity contribution in [3.8, 4) is 22.5 Å². The normalized spacial score (nSPS) is 11.9. The molecule has 0 unspecified atom stereocenters. The second-order valence-electron chi connectivity index (χ2n) is 11.9. The van der Waals surface area contributed by atoms with Crippen LogP contribution in [0.25, 0.3) is 66.0 Å². The summed E-state index contributed by atoms with van der Waals surface area (Å²) in [5.41, 5.74) is 5.49. The van der Waals surface area contributed by atoms with Crippen LogP contribution in [0.1, 0.15) is 0 Å². The van der Waals surface area contributed by atoms with E-state index in [1.807, 2.05) is 78.9 Å². The summed E-state index contributed by atoms with van der Waals surface area (Å²) < 4.78 is 21.4. The summed E-state index contributed by atoms with van der Waals surface area (Å²) in [7, 11) is -3.14. The van der Waals surface area contributed by atoms with Gasteiger partial charge in [-0.15, -0.1) is 0 Å². The van der Waals surface area contributed by atoms with Gasteiger partial charge >= 0.3 is 0 Å². The zero-order chi connectivity index (χ0) is 31.4. The van der Waals surface area contributed by atoms with Gasteiger partial charge in [-0.05, 0) is 76.1 Å². The number of furan rings is 1. The van der Waals surface area contributed by atoms with E-state index < -0.39 is 7.14 Å². The molecule has 3 nitrogen and oxygen atoms in total. The van der Waals surface area contributed by atoms with Crippen molar-refractivity contribution in [2.75, 3.05) is 0 Å². The van der Waals surface area contributed by atoms with Gasteiger partial charge in [-0.3, -0.25) is 0 Å². The molecule has 0 saturated carbocycles. The first kappa shape index (κ1) is 27.5. The quantitative estimate of drug-likeness (QED) is 0.142. The third kappa shape index (κ3) is 4.51. The van der Waals surface area contributed by atoms with Crippen molar-refractivity contribution in [2.24, 2.45) is 0 Å². The van der Waals surface area contributed by atoms with Crippen LogP contribution < -0.4 is 15.9 Å². The molecule has 0 aliphatic rings. The van der Waals surface area contributed by atoms with Gasteiger partial charge in [-0.25, -0.2) is 4.98 Å². The molecule has 4 heteroatoms. The number of rotatable bonds is 5. The van der Waals surface area contributed by atoms with Crippen LogP contribution >= 0.6 is 7.14 Å². The van der Waals surface area contributed by atoms with E-state index in [4.69, 9.17) is 9.40 Å². The van der Waals surface area contributed by atoms with E-state index >= 15 is 4.57 Å². The lowest BCUT2D eigenvalue weighted by molar-refractivity contribution is 0.592. The van der Waals surface area contributed by atoms with Crippen molar-refractivity contribution >= 4 is 66.5 Å². The third-order valence-corrected chi connectivity index (χ3v) is 12.2. The van der Waals surface area contributed by atoms with Crippen LogP contribution in [0.4, 0.5) is 0 Å². The molecular weight excluding hydrogens is 593 g/mol. The second kappa shape index (κ2) is 10.9. The summed E-state index contributed by atoms with van der Waals surface area (Å²) in [5.74, 6) is 0. The Labute approximate surface area is 272 Å². The first-order valence-electron chi connectivity index (χ1n) is 15.7. The van der Waals surface area contributed by atoms with Crippen LogP contribution in [0.3, 0.4) is 0 Å². The maximum Gasteiger partial charge on any atom is 0.171 e. The second-order valence-corrected chi connectivity index (χ2v) is 14.6. The maximum absolute atomic E-state index is 15.1. The number of pyridine rings is 1.